The molecule has 1 aliphatic rings. The molecule has 1 amide bonds. The topological polar surface area (TPSA) is 142 Å². The second-order valence-corrected chi connectivity index (χ2v) is 7.70. The molecule has 0 aliphatic carbocycles. The van der Waals surface area contributed by atoms with E-state index >= 15 is 0 Å². The van der Waals surface area contributed by atoms with Crippen molar-refractivity contribution in [1.82, 2.24) is 0 Å². The van der Waals surface area contributed by atoms with Crippen LogP contribution < -0.4 is 14.4 Å². The van der Waals surface area contributed by atoms with Crippen LogP contribution in [0.25, 0.3) is 0 Å². The highest BCUT2D eigenvalue weighted by Crippen LogP contribution is 2.40. The number of ether oxygens (including phenoxy) is 2. The van der Waals surface area contributed by atoms with E-state index in [-0.39, 0.29) is 41.5 Å². The van der Waals surface area contributed by atoms with Crippen molar-refractivity contribution in [3.63, 3.8) is 0 Å². The number of methoxy groups -OCH3 is 1. The Hall–Kier alpha value is -4.80. The third kappa shape index (κ3) is 4.51. The number of rotatable bonds is 8. The van der Waals surface area contributed by atoms with E-state index in [9.17, 15) is 29.8 Å². The normalized spacial score (nSPS) is 14.2. The van der Waals surface area contributed by atoms with E-state index in [2.05, 4.69) is 0 Å². The van der Waals surface area contributed by atoms with E-state index in [1.54, 1.807) is 0 Å². The fraction of sp³-hybridized carbons (Fsp3) is 0.167. The summed E-state index contributed by atoms with van der Waals surface area (Å²) in [4.78, 5) is 48.1. The predicted octanol–water partition coefficient (Wildman–Crippen LogP) is 3.86. The average molecular weight is 477 g/mol. The van der Waals surface area contributed by atoms with Gasteiger partial charge in [0.25, 0.3) is 17.3 Å². The molecule has 1 aliphatic heterocycles. The maximum absolute atomic E-state index is 13.5. The first-order chi connectivity index (χ1) is 16.8. The van der Waals surface area contributed by atoms with E-state index in [4.69, 9.17) is 9.47 Å². The maximum atomic E-state index is 13.5. The molecule has 4 rings (SSSR count). The number of amides is 1. The van der Waals surface area contributed by atoms with Crippen LogP contribution >= 0.6 is 0 Å². The first kappa shape index (κ1) is 23.4. The Kier molecular flexibility index (Phi) is 6.40. The van der Waals surface area contributed by atoms with E-state index < -0.39 is 27.5 Å². The van der Waals surface area contributed by atoms with Gasteiger partial charge in [-0.2, -0.15) is 0 Å². The summed E-state index contributed by atoms with van der Waals surface area (Å²) < 4.78 is 11.0. The molecule has 3 aromatic rings. The standard InChI is InChI=1S/C24H19N3O8/c1-34-22-11-19(21(27(32)33)12-23(22)35-14-15-5-3-2-4-6-15)24(29)25-18(13-28)9-16-7-8-17(26(30)31)10-20(16)25/h2-8,10-13,18H,9,14H2,1H3. The van der Waals surface area contributed by atoms with Crippen molar-refractivity contribution in [3.05, 3.63) is 97.6 Å². The SMILES string of the molecule is COc1cc(C(=O)N2c3cc([N+](=O)[O-])ccc3CC2C=O)c([N+](=O)[O-])cc1OCc1ccccc1. The van der Waals surface area contributed by atoms with Crippen molar-refractivity contribution in [2.45, 2.75) is 19.1 Å². The van der Waals surface area contributed by atoms with Crippen molar-refractivity contribution in [1.29, 1.82) is 0 Å². The lowest BCUT2D eigenvalue weighted by Crippen LogP contribution is -2.39. The van der Waals surface area contributed by atoms with Crippen LogP contribution in [-0.2, 0) is 17.8 Å². The molecule has 11 nitrogen and oxygen atoms in total. The number of fused-ring (bicyclic) bond motifs is 1. The Morgan fingerprint density at radius 3 is 2.43 bits per heavy atom. The molecule has 0 N–H and O–H groups in total. The Morgan fingerprint density at radius 2 is 1.80 bits per heavy atom. The average Bonchev–Trinajstić information content (AvgIpc) is 3.24. The highest BCUT2D eigenvalue weighted by Gasteiger charge is 2.38. The van der Waals surface area contributed by atoms with Crippen LogP contribution in [0.5, 0.6) is 11.5 Å². The van der Waals surface area contributed by atoms with Crippen LogP contribution in [0.1, 0.15) is 21.5 Å². The molecule has 178 valence electrons. The molecule has 1 heterocycles. The number of carbonyl (C=O) groups excluding carboxylic acids is 2. The van der Waals surface area contributed by atoms with Gasteiger partial charge in [-0.15, -0.1) is 0 Å². The molecule has 0 fully saturated rings. The molecule has 0 saturated heterocycles. The van der Waals surface area contributed by atoms with Gasteiger partial charge in [0.05, 0.1) is 34.8 Å². The van der Waals surface area contributed by atoms with E-state index in [1.165, 1.54) is 31.4 Å². The smallest absolute Gasteiger partial charge is 0.286 e. The van der Waals surface area contributed by atoms with Gasteiger partial charge in [0.2, 0.25) is 0 Å². The highest BCUT2D eigenvalue weighted by atomic mass is 16.6. The minimum Gasteiger partial charge on any atom is -0.493 e. The van der Waals surface area contributed by atoms with Gasteiger partial charge in [-0.3, -0.25) is 29.9 Å². The molecular weight excluding hydrogens is 458 g/mol. The number of anilines is 1. The van der Waals surface area contributed by atoms with Crippen LogP contribution in [-0.4, -0.2) is 35.2 Å². The van der Waals surface area contributed by atoms with Crippen LogP contribution in [0.4, 0.5) is 17.1 Å². The molecule has 11 heteroatoms. The van der Waals surface area contributed by atoms with Gasteiger partial charge in [-0.05, 0) is 11.1 Å². The number of carbonyl (C=O) groups is 2. The molecule has 35 heavy (non-hydrogen) atoms. The van der Waals surface area contributed by atoms with Crippen LogP contribution in [0.2, 0.25) is 0 Å². The summed E-state index contributed by atoms with van der Waals surface area (Å²) in [5, 5.41) is 23.1. The number of hydrogen-bond acceptors (Lipinski definition) is 8. The third-order valence-corrected chi connectivity index (χ3v) is 5.62. The van der Waals surface area contributed by atoms with Gasteiger partial charge in [0.15, 0.2) is 11.5 Å². The van der Waals surface area contributed by atoms with Crippen molar-refractivity contribution in [2.24, 2.45) is 0 Å². The summed E-state index contributed by atoms with van der Waals surface area (Å²) in [5.74, 6) is -0.721. The fourth-order valence-electron chi connectivity index (χ4n) is 3.94. The second kappa shape index (κ2) is 9.59. The first-order valence-electron chi connectivity index (χ1n) is 10.4. The number of nitro groups is 2. The first-order valence-corrected chi connectivity index (χ1v) is 10.4. The molecule has 0 radical (unpaired) electrons. The minimum absolute atomic E-state index is 0.0593. The molecule has 0 spiro atoms. The summed E-state index contributed by atoms with van der Waals surface area (Å²) in [6.45, 7) is 0.109. The lowest BCUT2D eigenvalue weighted by Gasteiger charge is -2.22. The fourth-order valence-corrected chi connectivity index (χ4v) is 3.94. The van der Waals surface area contributed by atoms with Crippen molar-refractivity contribution in [3.8, 4) is 11.5 Å². The van der Waals surface area contributed by atoms with Crippen LogP contribution in [0.3, 0.4) is 0 Å². The number of nitrogens with zero attached hydrogens (tertiary/aromatic N) is 3. The lowest BCUT2D eigenvalue weighted by atomic mass is 10.1. The molecule has 1 atom stereocenters. The lowest BCUT2D eigenvalue weighted by molar-refractivity contribution is -0.385. The molecular formula is C24H19N3O8. The van der Waals surface area contributed by atoms with E-state index in [0.29, 0.717) is 11.8 Å². The summed E-state index contributed by atoms with van der Waals surface area (Å²) in [7, 11) is 1.33. The van der Waals surface area contributed by atoms with Gasteiger partial charge in [-0.25, -0.2) is 0 Å². The van der Waals surface area contributed by atoms with Gasteiger partial charge in [0, 0.05) is 24.6 Å². The number of non-ortho nitro benzene ring substituents is 1. The molecule has 3 aromatic carbocycles. The Balaban J connectivity index is 1.75. The zero-order valence-electron chi connectivity index (χ0n) is 18.5. The van der Waals surface area contributed by atoms with E-state index in [1.807, 2.05) is 30.3 Å². The predicted molar refractivity (Wildman–Crippen MR) is 124 cm³/mol. The largest absolute Gasteiger partial charge is 0.493 e. The second-order valence-electron chi connectivity index (χ2n) is 7.70. The van der Waals surface area contributed by atoms with Crippen LogP contribution in [0.15, 0.2) is 60.7 Å². The van der Waals surface area contributed by atoms with Crippen LogP contribution in [0, 0.1) is 20.2 Å². The molecule has 1 unspecified atom stereocenters. The number of nitro benzene ring substituents is 2. The van der Waals surface area contributed by atoms with Gasteiger partial charge in [-0.1, -0.05) is 36.4 Å². The summed E-state index contributed by atoms with van der Waals surface area (Å²) in [6, 6.07) is 14.3. The Morgan fingerprint density at radius 1 is 1.06 bits per heavy atom. The number of benzene rings is 3. The molecule has 0 saturated carbocycles. The molecule has 0 aromatic heterocycles. The van der Waals surface area contributed by atoms with E-state index in [0.717, 1.165) is 16.5 Å². The zero-order chi connectivity index (χ0) is 25.1. The zero-order valence-corrected chi connectivity index (χ0v) is 18.5. The third-order valence-electron chi connectivity index (χ3n) is 5.62. The van der Waals surface area contributed by atoms with Crippen molar-refractivity contribution >= 4 is 29.3 Å². The number of hydrogen-bond donors (Lipinski definition) is 0. The highest BCUT2D eigenvalue weighted by molar-refractivity contribution is 6.12. The minimum atomic E-state index is -0.973. The Bertz CT molecular complexity index is 1330. The Labute approximate surface area is 198 Å². The quantitative estimate of drug-likeness (QED) is 0.270. The van der Waals surface area contributed by atoms with Crippen molar-refractivity contribution in [2.75, 3.05) is 12.0 Å². The number of aldehydes is 1. The summed E-state index contributed by atoms with van der Waals surface area (Å²) in [6.07, 6.45) is 0.663. The maximum Gasteiger partial charge on any atom is 0.286 e. The molecule has 0 bridgehead atoms. The summed E-state index contributed by atoms with van der Waals surface area (Å²) in [5.41, 5.74) is 0.344. The van der Waals surface area contributed by atoms with Gasteiger partial charge < -0.3 is 14.3 Å². The van der Waals surface area contributed by atoms with Gasteiger partial charge in [0.1, 0.15) is 18.5 Å². The monoisotopic (exact) mass is 477 g/mol. The summed E-state index contributed by atoms with van der Waals surface area (Å²) >= 11 is 0. The van der Waals surface area contributed by atoms with Crippen molar-refractivity contribution < 1.29 is 28.9 Å². The van der Waals surface area contributed by atoms with Gasteiger partial charge >= 0.3 is 0 Å².